The van der Waals surface area contributed by atoms with Gasteiger partial charge in [0, 0.05) is 11.6 Å². The molecule has 12 heteroatoms. The number of benzene rings is 1. The van der Waals surface area contributed by atoms with Crippen LogP contribution >= 0.6 is 0 Å². The first kappa shape index (κ1) is 25.4. The van der Waals surface area contributed by atoms with Crippen LogP contribution in [0.5, 0.6) is 17.2 Å². The number of hydrogen-bond acceptors (Lipinski definition) is 6. The maximum absolute atomic E-state index is 14.3. The molecule has 0 aromatic heterocycles. The van der Waals surface area contributed by atoms with Crippen molar-refractivity contribution in [1.29, 1.82) is 0 Å². The summed E-state index contributed by atoms with van der Waals surface area (Å²) in [6, 6.07) is 0.382. The molecule has 4 unspecified atom stereocenters. The molecule has 0 radical (unpaired) electrons. The van der Waals surface area contributed by atoms with Gasteiger partial charge in [0.15, 0.2) is 11.5 Å². The van der Waals surface area contributed by atoms with E-state index in [4.69, 9.17) is 14.2 Å². The van der Waals surface area contributed by atoms with Crippen LogP contribution in [-0.4, -0.2) is 62.0 Å². The smallest absolute Gasteiger partial charge is 0.440 e. The molecule has 4 amide bonds. The largest absolute Gasteiger partial charge is 0.493 e. The standard InChI is InChI=1S/C22H28F3N3O6/c1-11-7-6-8-14(12(11)2)28-19(30)21(22(23,24)25,27-20(28)31)26-18(29)13-9-15(32-3)17(34-5)16(10-13)33-4/h9-12,14H,6-8H2,1-5H3,(H,26,29)(H,27,31). The first-order valence-corrected chi connectivity index (χ1v) is 10.8. The molecule has 2 N–H and O–H groups in total. The van der Waals surface area contributed by atoms with Crippen molar-refractivity contribution >= 4 is 17.8 Å². The second-order valence-electron chi connectivity index (χ2n) is 8.56. The molecule has 3 rings (SSSR count). The number of ether oxygens (including phenoxy) is 3. The van der Waals surface area contributed by atoms with Gasteiger partial charge in [0.05, 0.1) is 21.3 Å². The number of amides is 4. The van der Waals surface area contributed by atoms with Gasteiger partial charge in [0.2, 0.25) is 5.75 Å². The highest BCUT2D eigenvalue weighted by molar-refractivity contribution is 6.10. The molecule has 0 bridgehead atoms. The zero-order valence-electron chi connectivity index (χ0n) is 19.5. The molecule has 1 aromatic rings. The van der Waals surface area contributed by atoms with Gasteiger partial charge in [-0.1, -0.05) is 26.7 Å². The highest BCUT2D eigenvalue weighted by Gasteiger charge is 2.70. The number of alkyl halides is 3. The van der Waals surface area contributed by atoms with E-state index in [1.807, 2.05) is 6.92 Å². The molecular formula is C22H28F3N3O6. The fraction of sp³-hybridized carbons (Fsp3) is 0.591. The summed E-state index contributed by atoms with van der Waals surface area (Å²) in [5.74, 6) is -2.71. The summed E-state index contributed by atoms with van der Waals surface area (Å²) < 4.78 is 58.3. The predicted molar refractivity (Wildman–Crippen MR) is 114 cm³/mol. The highest BCUT2D eigenvalue weighted by atomic mass is 19.4. The van der Waals surface area contributed by atoms with Gasteiger partial charge in [-0.2, -0.15) is 13.2 Å². The Hall–Kier alpha value is -3.18. The summed E-state index contributed by atoms with van der Waals surface area (Å²) >= 11 is 0. The van der Waals surface area contributed by atoms with Crippen LogP contribution in [0.15, 0.2) is 12.1 Å². The van der Waals surface area contributed by atoms with Gasteiger partial charge in [-0.25, -0.2) is 4.79 Å². The summed E-state index contributed by atoms with van der Waals surface area (Å²) in [5, 5.41) is 3.44. The maximum Gasteiger partial charge on any atom is 0.440 e. The molecule has 188 valence electrons. The minimum Gasteiger partial charge on any atom is -0.493 e. The number of halogens is 3. The van der Waals surface area contributed by atoms with E-state index in [-0.39, 0.29) is 34.6 Å². The summed E-state index contributed by atoms with van der Waals surface area (Å²) in [5.41, 5.74) is -3.90. The van der Waals surface area contributed by atoms with Crippen molar-refractivity contribution in [2.24, 2.45) is 11.8 Å². The molecule has 1 saturated heterocycles. The third kappa shape index (κ3) is 4.09. The van der Waals surface area contributed by atoms with Gasteiger partial charge < -0.3 is 19.5 Å². The van der Waals surface area contributed by atoms with Crippen molar-refractivity contribution in [2.75, 3.05) is 21.3 Å². The van der Waals surface area contributed by atoms with Crippen LogP contribution in [0.25, 0.3) is 0 Å². The Bertz CT molecular complexity index is 960. The van der Waals surface area contributed by atoms with E-state index in [1.54, 1.807) is 17.6 Å². The van der Waals surface area contributed by atoms with Gasteiger partial charge in [-0.3, -0.25) is 19.8 Å². The third-order valence-electron chi connectivity index (χ3n) is 6.70. The topological polar surface area (TPSA) is 106 Å². The normalized spacial score (nSPS) is 27.3. The Morgan fingerprint density at radius 2 is 1.68 bits per heavy atom. The molecule has 34 heavy (non-hydrogen) atoms. The van der Waals surface area contributed by atoms with E-state index < -0.39 is 35.7 Å². The van der Waals surface area contributed by atoms with Gasteiger partial charge >= 0.3 is 12.2 Å². The van der Waals surface area contributed by atoms with E-state index in [9.17, 15) is 27.6 Å². The van der Waals surface area contributed by atoms with Crippen LogP contribution in [0, 0.1) is 11.8 Å². The van der Waals surface area contributed by atoms with Crippen LogP contribution in [0.3, 0.4) is 0 Å². The molecule has 1 saturated carbocycles. The van der Waals surface area contributed by atoms with Gasteiger partial charge in [-0.15, -0.1) is 0 Å². The van der Waals surface area contributed by atoms with Gasteiger partial charge in [-0.05, 0) is 30.4 Å². The number of nitrogens with zero attached hydrogens (tertiary/aromatic N) is 1. The number of hydrogen-bond donors (Lipinski definition) is 2. The first-order chi connectivity index (χ1) is 15.9. The fourth-order valence-corrected chi connectivity index (χ4v) is 4.57. The van der Waals surface area contributed by atoms with E-state index in [2.05, 4.69) is 0 Å². The molecule has 1 aliphatic heterocycles. The number of carbonyl (C=O) groups excluding carboxylic acids is 3. The van der Waals surface area contributed by atoms with Crippen molar-refractivity contribution in [1.82, 2.24) is 15.5 Å². The molecule has 4 atom stereocenters. The van der Waals surface area contributed by atoms with Crippen molar-refractivity contribution in [3.63, 3.8) is 0 Å². The zero-order chi connectivity index (χ0) is 25.4. The lowest BCUT2D eigenvalue weighted by atomic mass is 9.77. The Labute approximate surface area is 194 Å². The lowest BCUT2D eigenvalue weighted by molar-refractivity contribution is -0.201. The molecule has 1 aliphatic carbocycles. The van der Waals surface area contributed by atoms with Gasteiger partial charge in [0.1, 0.15) is 0 Å². The second kappa shape index (κ2) is 9.22. The van der Waals surface area contributed by atoms with E-state index >= 15 is 0 Å². The lowest BCUT2D eigenvalue weighted by Crippen LogP contribution is -2.69. The number of imide groups is 1. The summed E-state index contributed by atoms with van der Waals surface area (Å²) in [6.07, 6.45) is -3.40. The van der Waals surface area contributed by atoms with Crippen LogP contribution in [-0.2, 0) is 4.79 Å². The number of rotatable bonds is 6. The average molecular weight is 487 g/mol. The van der Waals surface area contributed by atoms with Crippen molar-refractivity contribution in [3.8, 4) is 17.2 Å². The van der Waals surface area contributed by atoms with Gasteiger partial charge in [0.25, 0.3) is 17.5 Å². The number of methoxy groups -OCH3 is 3. The average Bonchev–Trinajstić information content (AvgIpc) is 3.04. The number of nitrogens with one attached hydrogen (secondary N) is 2. The molecular weight excluding hydrogens is 459 g/mol. The van der Waals surface area contributed by atoms with Crippen LogP contribution in [0.1, 0.15) is 43.5 Å². The summed E-state index contributed by atoms with van der Waals surface area (Å²) in [6.45, 7) is 3.73. The zero-order valence-corrected chi connectivity index (χ0v) is 19.5. The molecule has 1 aromatic carbocycles. The lowest BCUT2D eigenvalue weighted by Gasteiger charge is -2.38. The monoisotopic (exact) mass is 487 g/mol. The number of urea groups is 1. The summed E-state index contributed by atoms with van der Waals surface area (Å²) in [4.78, 5) is 39.4. The third-order valence-corrected chi connectivity index (χ3v) is 6.70. The second-order valence-corrected chi connectivity index (χ2v) is 8.56. The van der Waals surface area contributed by atoms with Crippen molar-refractivity contribution < 1.29 is 41.8 Å². The van der Waals surface area contributed by atoms with Crippen LogP contribution in [0.4, 0.5) is 18.0 Å². The van der Waals surface area contributed by atoms with Crippen molar-refractivity contribution in [2.45, 2.75) is 51.0 Å². The molecule has 2 fully saturated rings. The number of carbonyl (C=O) groups is 3. The Kier molecular flexibility index (Phi) is 6.90. The summed E-state index contributed by atoms with van der Waals surface area (Å²) in [7, 11) is 3.88. The van der Waals surface area contributed by atoms with Crippen LogP contribution < -0.4 is 24.8 Å². The van der Waals surface area contributed by atoms with Crippen LogP contribution in [0.2, 0.25) is 0 Å². The quantitative estimate of drug-likeness (QED) is 0.598. The molecule has 0 spiro atoms. The molecule has 1 heterocycles. The van der Waals surface area contributed by atoms with E-state index in [0.29, 0.717) is 17.7 Å². The van der Waals surface area contributed by atoms with E-state index in [1.165, 1.54) is 21.3 Å². The highest BCUT2D eigenvalue weighted by Crippen LogP contribution is 2.41. The van der Waals surface area contributed by atoms with E-state index in [0.717, 1.165) is 18.6 Å². The maximum atomic E-state index is 14.3. The molecule has 2 aliphatic rings. The first-order valence-electron chi connectivity index (χ1n) is 10.8. The molecule has 9 nitrogen and oxygen atoms in total. The Morgan fingerprint density at radius 3 is 2.18 bits per heavy atom. The minimum atomic E-state index is -5.31. The van der Waals surface area contributed by atoms with Crippen molar-refractivity contribution in [3.05, 3.63) is 17.7 Å². The SMILES string of the molecule is COc1cc(C(=O)NC2(C(F)(F)F)NC(=O)N(C3CCCC(C)C3C)C2=O)cc(OC)c1OC. The Morgan fingerprint density at radius 1 is 1.09 bits per heavy atom. The minimum absolute atomic E-state index is 0.0292. The predicted octanol–water partition coefficient (Wildman–Crippen LogP) is 3.08. The Balaban J connectivity index is 2.00. The fourth-order valence-electron chi connectivity index (χ4n) is 4.57.